The van der Waals surface area contributed by atoms with Crippen LogP contribution in [0, 0.1) is 11.8 Å². The maximum Gasteiger partial charge on any atom is 0.417 e. The average molecular weight is 456 g/mol. The van der Waals surface area contributed by atoms with Gasteiger partial charge in [-0.05, 0) is 36.8 Å². The number of hydrogen-bond donors (Lipinski definition) is 1. The lowest BCUT2D eigenvalue weighted by atomic mass is 9.82. The van der Waals surface area contributed by atoms with Crippen LogP contribution in [0.4, 0.5) is 26.3 Å². The first-order valence-electron chi connectivity index (χ1n) is 10.3. The Morgan fingerprint density at radius 1 is 0.867 bits per heavy atom. The fourth-order valence-corrected chi connectivity index (χ4v) is 5.24. The summed E-state index contributed by atoms with van der Waals surface area (Å²) in [7, 11) is 0. The van der Waals surface area contributed by atoms with Gasteiger partial charge in [0.15, 0.2) is 0 Å². The number of carbonyl (C=O) groups is 1. The number of carbonyl (C=O) groups excluding carboxylic acids is 1. The molecule has 9 heteroatoms. The van der Waals surface area contributed by atoms with Gasteiger partial charge in [-0.3, -0.25) is 4.79 Å². The van der Waals surface area contributed by atoms with Crippen molar-refractivity contribution in [2.24, 2.45) is 11.8 Å². The lowest BCUT2D eigenvalue weighted by Gasteiger charge is -2.29. The molecule has 2 nitrogen and oxygen atoms in total. The van der Waals surface area contributed by atoms with Crippen LogP contribution in [-0.2, 0) is 12.4 Å². The molecule has 0 aliphatic heterocycles. The second-order valence-corrected chi connectivity index (χ2v) is 8.71. The maximum absolute atomic E-state index is 13.5. The van der Waals surface area contributed by atoms with Crippen molar-refractivity contribution in [2.75, 3.05) is 0 Å². The molecule has 0 aromatic heterocycles. The Morgan fingerprint density at radius 2 is 1.50 bits per heavy atom. The van der Waals surface area contributed by atoms with Gasteiger partial charge in [0, 0.05) is 6.04 Å². The van der Waals surface area contributed by atoms with Crippen molar-refractivity contribution in [1.82, 2.24) is 5.32 Å². The number of benzene rings is 1. The van der Waals surface area contributed by atoms with E-state index in [1.54, 1.807) is 0 Å². The highest BCUT2D eigenvalue weighted by Gasteiger charge is 2.42. The third-order valence-electron chi connectivity index (χ3n) is 6.34. The highest BCUT2D eigenvalue weighted by Crippen LogP contribution is 2.42. The van der Waals surface area contributed by atoms with Crippen LogP contribution in [0.5, 0.6) is 0 Å². The molecule has 1 N–H and O–H groups in total. The molecule has 2 aliphatic carbocycles. The first-order chi connectivity index (χ1) is 14.0. The molecule has 0 saturated heterocycles. The molecule has 1 aromatic rings. The monoisotopic (exact) mass is 455 g/mol. The summed E-state index contributed by atoms with van der Waals surface area (Å²) < 4.78 is 79.3. The molecule has 0 bridgehead atoms. The van der Waals surface area contributed by atoms with Crippen LogP contribution in [0.15, 0.2) is 12.1 Å². The lowest BCUT2D eigenvalue weighted by molar-refractivity contribution is -0.143. The van der Waals surface area contributed by atoms with Crippen LogP contribution in [0.2, 0.25) is 5.02 Å². The van der Waals surface area contributed by atoms with Gasteiger partial charge in [-0.25, -0.2) is 0 Å². The predicted molar refractivity (Wildman–Crippen MR) is 101 cm³/mol. The fraction of sp³-hybridized carbons (Fsp3) is 0.667. The van der Waals surface area contributed by atoms with E-state index in [9.17, 15) is 31.1 Å². The summed E-state index contributed by atoms with van der Waals surface area (Å²) in [6.45, 7) is 0. The van der Waals surface area contributed by atoms with Crippen LogP contribution < -0.4 is 5.32 Å². The molecule has 2 aliphatic rings. The summed E-state index contributed by atoms with van der Waals surface area (Å²) in [5.74, 6) is -0.480. The summed E-state index contributed by atoms with van der Waals surface area (Å²) >= 11 is 5.77. The van der Waals surface area contributed by atoms with Gasteiger partial charge in [0.2, 0.25) is 0 Å². The fourth-order valence-electron chi connectivity index (χ4n) is 4.94. The van der Waals surface area contributed by atoms with Gasteiger partial charge in [0.25, 0.3) is 5.91 Å². The third kappa shape index (κ3) is 5.24. The van der Waals surface area contributed by atoms with Crippen LogP contribution in [-0.4, -0.2) is 11.9 Å². The van der Waals surface area contributed by atoms with Crippen LogP contribution >= 0.6 is 11.6 Å². The van der Waals surface area contributed by atoms with Gasteiger partial charge in [-0.2, -0.15) is 26.3 Å². The average Bonchev–Trinajstić information content (AvgIpc) is 2.92. The predicted octanol–water partition coefficient (Wildman–Crippen LogP) is 7.25. The summed E-state index contributed by atoms with van der Waals surface area (Å²) in [5, 5.41) is 1.82. The van der Waals surface area contributed by atoms with E-state index in [1.165, 1.54) is 0 Å². The number of nitrogens with one attached hydrogen (secondary N) is 1. The van der Waals surface area contributed by atoms with Crippen LogP contribution in [0.25, 0.3) is 0 Å². The standard InChI is InChI=1S/C21H24ClF6NO/c22-16-11-13(20(23,24)25)10-15(21(26,27)28)18(16)19(30)29-17-9-5-8-14(17)12-6-3-1-2-4-7-12/h10-12,14,17H,1-9H2,(H,29,30). The molecule has 1 aromatic carbocycles. The highest BCUT2D eigenvalue weighted by atomic mass is 35.5. The Balaban J connectivity index is 1.87. The first kappa shape index (κ1) is 23.2. The summed E-state index contributed by atoms with van der Waals surface area (Å²) in [4.78, 5) is 12.8. The van der Waals surface area contributed by atoms with Gasteiger partial charge in [0.1, 0.15) is 0 Å². The minimum absolute atomic E-state index is 0.0434. The topological polar surface area (TPSA) is 29.1 Å². The van der Waals surface area contributed by atoms with Gasteiger partial charge in [-0.1, -0.05) is 56.5 Å². The molecular formula is C21H24ClF6NO. The Hall–Kier alpha value is -1.44. The second-order valence-electron chi connectivity index (χ2n) is 8.30. The normalized spacial score (nSPS) is 24.0. The first-order valence-corrected chi connectivity index (χ1v) is 10.6. The van der Waals surface area contributed by atoms with Gasteiger partial charge in [0.05, 0.1) is 21.7 Å². The molecular weight excluding hydrogens is 432 g/mol. The Labute approximate surface area is 176 Å². The lowest BCUT2D eigenvalue weighted by Crippen LogP contribution is -2.40. The van der Waals surface area contributed by atoms with E-state index >= 15 is 0 Å². The molecule has 30 heavy (non-hydrogen) atoms. The van der Waals surface area contributed by atoms with Gasteiger partial charge >= 0.3 is 12.4 Å². The number of rotatable bonds is 3. The van der Waals surface area contributed by atoms with Gasteiger partial charge < -0.3 is 5.32 Å². The minimum atomic E-state index is -5.14. The molecule has 2 fully saturated rings. The molecule has 2 atom stereocenters. The van der Waals surface area contributed by atoms with E-state index < -0.39 is 40.0 Å². The maximum atomic E-state index is 13.5. The summed E-state index contributed by atoms with van der Waals surface area (Å²) in [5.41, 5.74) is -4.14. The molecule has 1 amide bonds. The molecule has 168 valence electrons. The molecule has 0 heterocycles. The quantitative estimate of drug-likeness (QED) is 0.377. The van der Waals surface area contributed by atoms with E-state index in [0.717, 1.165) is 51.4 Å². The Morgan fingerprint density at radius 3 is 2.07 bits per heavy atom. The van der Waals surface area contributed by atoms with Crippen LogP contribution in [0.1, 0.15) is 79.3 Å². The Bertz CT molecular complexity index is 768. The zero-order chi connectivity index (χ0) is 22.1. The van der Waals surface area contributed by atoms with E-state index in [0.29, 0.717) is 18.4 Å². The zero-order valence-corrected chi connectivity index (χ0v) is 17.1. The summed E-state index contributed by atoms with van der Waals surface area (Å²) in [6, 6.07) is 0.0431. The van der Waals surface area contributed by atoms with Crippen molar-refractivity contribution in [2.45, 2.75) is 76.2 Å². The summed E-state index contributed by atoms with van der Waals surface area (Å²) in [6.07, 6.45) is -1.16. The molecule has 2 unspecified atom stereocenters. The van der Waals surface area contributed by atoms with E-state index in [-0.39, 0.29) is 18.0 Å². The number of alkyl halides is 6. The van der Waals surface area contributed by atoms with Crippen molar-refractivity contribution in [3.05, 3.63) is 33.8 Å². The Kier molecular flexibility index (Phi) is 6.94. The number of halogens is 7. The van der Waals surface area contributed by atoms with Gasteiger partial charge in [-0.15, -0.1) is 0 Å². The van der Waals surface area contributed by atoms with Crippen molar-refractivity contribution in [3.8, 4) is 0 Å². The SMILES string of the molecule is O=C(NC1CCCC1C1CCCCCC1)c1c(Cl)cc(C(F)(F)F)cc1C(F)(F)F. The third-order valence-corrected chi connectivity index (χ3v) is 6.64. The van der Waals surface area contributed by atoms with E-state index in [2.05, 4.69) is 5.32 Å². The van der Waals surface area contributed by atoms with Crippen molar-refractivity contribution in [1.29, 1.82) is 0 Å². The molecule has 2 saturated carbocycles. The smallest absolute Gasteiger partial charge is 0.349 e. The van der Waals surface area contributed by atoms with Crippen molar-refractivity contribution >= 4 is 17.5 Å². The highest BCUT2D eigenvalue weighted by molar-refractivity contribution is 6.34. The molecule has 3 rings (SSSR count). The second kappa shape index (κ2) is 8.97. The molecule has 0 spiro atoms. The van der Waals surface area contributed by atoms with Crippen LogP contribution in [0.3, 0.4) is 0 Å². The molecule has 0 radical (unpaired) electrons. The zero-order valence-electron chi connectivity index (χ0n) is 16.3. The van der Waals surface area contributed by atoms with Crippen molar-refractivity contribution in [3.63, 3.8) is 0 Å². The number of amides is 1. The minimum Gasteiger partial charge on any atom is -0.349 e. The van der Waals surface area contributed by atoms with E-state index in [1.807, 2.05) is 0 Å². The van der Waals surface area contributed by atoms with Crippen molar-refractivity contribution < 1.29 is 31.1 Å². The number of hydrogen-bond acceptors (Lipinski definition) is 1. The largest absolute Gasteiger partial charge is 0.417 e. The van der Waals surface area contributed by atoms with E-state index in [4.69, 9.17) is 11.6 Å².